The van der Waals surface area contributed by atoms with Crippen LogP contribution in [0.3, 0.4) is 0 Å². The van der Waals surface area contributed by atoms with Crippen LogP contribution in [0.5, 0.6) is 0 Å². The second-order valence-electron chi connectivity index (χ2n) is 11.5. The molecule has 0 bridgehead atoms. The molecule has 0 amide bonds. The molecule has 38 heavy (non-hydrogen) atoms. The second kappa shape index (κ2) is 11.7. The molecular formula is C27H42N2O6SeSi2. The van der Waals surface area contributed by atoms with Crippen molar-refractivity contribution in [1.82, 2.24) is 9.55 Å². The number of nitrogens with one attached hydrogen (secondary N) is 1. The molecule has 2 aliphatic rings. The third-order valence-corrected chi connectivity index (χ3v) is 20.8. The fourth-order valence-electron chi connectivity index (χ4n) is 5.76. The van der Waals surface area contributed by atoms with Crippen molar-refractivity contribution in [2.45, 2.75) is 101 Å². The van der Waals surface area contributed by atoms with Crippen molar-refractivity contribution in [1.29, 1.82) is 0 Å². The Morgan fingerprint density at radius 3 is 2.05 bits per heavy atom. The van der Waals surface area contributed by atoms with Gasteiger partial charge in [-0.25, -0.2) is 0 Å². The molecule has 2 fully saturated rings. The molecule has 1 aromatic carbocycles. The first-order valence-electron chi connectivity index (χ1n) is 13.6. The SMILES string of the molecule is CC(C)[Si]1(C(C)C)OC[C@H]2O[C@@H](n3ccc(=O)[nH]c3=O)[C@H]([Se]c3ccccc3)[C@@H]2O[Si](C(C)C)(C(C)C)O1. The molecule has 0 saturated carbocycles. The van der Waals surface area contributed by atoms with Gasteiger partial charge in [0.25, 0.3) is 0 Å². The van der Waals surface area contributed by atoms with E-state index < -0.39 is 34.6 Å². The van der Waals surface area contributed by atoms with Crippen molar-refractivity contribution in [2.24, 2.45) is 0 Å². The van der Waals surface area contributed by atoms with E-state index >= 15 is 0 Å². The Balaban J connectivity index is 1.85. The Labute approximate surface area is 234 Å². The van der Waals surface area contributed by atoms with Crippen LogP contribution in [0.2, 0.25) is 27.0 Å². The van der Waals surface area contributed by atoms with Crippen LogP contribution >= 0.6 is 0 Å². The van der Waals surface area contributed by atoms with Crippen LogP contribution < -0.4 is 15.7 Å². The predicted molar refractivity (Wildman–Crippen MR) is 155 cm³/mol. The van der Waals surface area contributed by atoms with E-state index in [0.717, 1.165) is 0 Å². The monoisotopic (exact) mass is 626 g/mol. The van der Waals surface area contributed by atoms with Crippen LogP contribution in [0.25, 0.3) is 0 Å². The standard InChI is InChI=1S/C27H42N2O6SeSi2/c1-17(2)37(18(3)4)32-16-22-24(34-38(35-37,19(5)6)20(7)8)25(36-21-12-10-9-11-13-21)26(33-22)29-15-14-23(30)28-27(29)31/h9-15,17-20,22,24-26H,16H2,1-8H3,(H,28,30,31)/t22-,24-,25-,26-/m1/s1. The number of hydrogen-bond donors (Lipinski definition) is 1. The molecule has 11 heteroatoms. The molecular weight excluding hydrogens is 583 g/mol. The van der Waals surface area contributed by atoms with Gasteiger partial charge in [-0.3, -0.25) is 0 Å². The summed E-state index contributed by atoms with van der Waals surface area (Å²) in [4.78, 5) is 27.1. The van der Waals surface area contributed by atoms with Gasteiger partial charge in [0.05, 0.1) is 0 Å². The average molecular weight is 626 g/mol. The summed E-state index contributed by atoms with van der Waals surface area (Å²) in [5.74, 6) is 0. The van der Waals surface area contributed by atoms with E-state index in [9.17, 15) is 9.59 Å². The number of ether oxygens (including phenoxy) is 1. The number of aromatic nitrogens is 2. The Hall–Kier alpha value is -1.31. The van der Waals surface area contributed by atoms with E-state index in [2.05, 4.69) is 72.5 Å². The van der Waals surface area contributed by atoms with Gasteiger partial charge in [0.15, 0.2) is 0 Å². The number of rotatable bonds is 7. The first kappa shape index (κ1) is 29.7. The van der Waals surface area contributed by atoms with Crippen LogP contribution in [0.15, 0.2) is 52.2 Å². The van der Waals surface area contributed by atoms with Crippen molar-refractivity contribution in [3.63, 3.8) is 0 Å². The van der Waals surface area contributed by atoms with Crippen LogP contribution in [-0.2, 0) is 17.7 Å². The summed E-state index contributed by atoms with van der Waals surface area (Å²) in [6.07, 6.45) is 0.290. The van der Waals surface area contributed by atoms with E-state index in [4.69, 9.17) is 17.7 Å². The summed E-state index contributed by atoms with van der Waals surface area (Å²) in [6, 6.07) is 11.7. The van der Waals surface area contributed by atoms with Crippen molar-refractivity contribution in [3.8, 4) is 0 Å². The van der Waals surface area contributed by atoms with Gasteiger partial charge in [-0.15, -0.1) is 0 Å². The number of aromatic amines is 1. The average Bonchev–Trinajstić information content (AvgIpc) is 3.14. The molecule has 0 unspecified atom stereocenters. The number of benzene rings is 1. The van der Waals surface area contributed by atoms with Crippen LogP contribution in [0.1, 0.15) is 61.6 Å². The Morgan fingerprint density at radius 2 is 1.50 bits per heavy atom. The number of H-pyrrole nitrogens is 1. The summed E-state index contributed by atoms with van der Waals surface area (Å²) in [5.41, 5.74) is -0.0650. The third-order valence-electron chi connectivity index (χ3n) is 7.76. The maximum absolute atomic E-state index is 12.9. The van der Waals surface area contributed by atoms with Gasteiger partial charge in [-0.05, 0) is 0 Å². The first-order chi connectivity index (χ1) is 17.9. The molecule has 1 N–H and O–H groups in total. The van der Waals surface area contributed by atoms with E-state index in [1.54, 1.807) is 0 Å². The third kappa shape index (κ3) is 5.49. The number of fused-ring (bicyclic) bond motifs is 1. The van der Waals surface area contributed by atoms with E-state index in [1.807, 2.05) is 18.2 Å². The van der Waals surface area contributed by atoms with Gasteiger partial charge < -0.3 is 0 Å². The fraction of sp³-hybridized carbons (Fsp3) is 0.630. The molecule has 3 heterocycles. The van der Waals surface area contributed by atoms with Crippen molar-refractivity contribution in [3.05, 3.63) is 63.4 Å². The van der Waals surface area contributed by atoms with Gasteiger partial charge in [-0.1, -0.05) is 0 Å². The summed E-state index contributed by atoms with van der Waals surface area (Å²) in [5, 5.41) is 0. The van der Waals surface area contributed by atoms with Gasteiger partial charge in [-0.2, -0.15) is 0 Å². The quantitative estimate of drug-likeness (QED) is 0.464. The van der Waals surface area contributed by atoms with Crippen LogP contribution in [-0.4, -0.2) is 60.4 Å². The van der Waals surface area contributed by atoms with Gasteiger partial charge >= 0.3 is 235 Å². The summed E-state index contributed by atoms with van der Waals surface area (Å²) < 4.78 is 31.0. The molecule has 210 valence electrons. The molecule has 0 radical (unpaired) electrons. The molecule has 2 aromatic rings. The van der Waals surface area contributed by atoms with Crippen molar-refractivity contribution in [2.75, 3.05) is 6.61 Å². The predicted octanol–water partition coefficient (Wildman–Crippen LogP) is 4.21. The summed E-state index contributed by atoms with van der Waals surface area (Å²) in [7, 11) is -5.57. The van der Waals surface area contributed by atoms with Crippen LogP contribution in [0, 0.1) is 0 Å². The molecule has 4 rings (SSSR count). The van der Waals surface area contributed by atoms with Gasteiger partial charge in [0.2, 0.25) is 0 Å². The Bertz CT molecular complexity index is 1190. The molecule has 8 nitrogen and oxygen atoms in total. The molecule has 0 aliphatic carbocycles. The normalized spacial score (nSPS) is 27.1. The number of hydrogen-bond acceptors (Lipinski definition) is 6. The molecule has 2 saturated heterocycles. The van der Waals surface area contributed by atoms with E-state index in [0.29, 0.717) is 6.61 Å². The minimum absolute atomic E-state index is 0.0845. The van der Waals surface area contributed by atoms with Crippen molar-refractivity contribution < 1.29 is 17.7 Å². The van der Waals surface area contributed by atoms with Crippen molar-refractivity contribution >= 4 is 36.5 Å². The van der Waals surface area contributed by atoms with E-state index in [1.165, 1.54) is 21.3 Å². The number of nitrogens with zero attached hydrogens (tertiary/aromatic N) is 1. The molecule has 1 aromatic heterocycles. The Morgan fingerprint density at radius 1 is 0.895 bits per heavy atom. The molecule has 4 atom stereocenters. The first-order valence-corrected chi connectivity index (χ1v) is 19.4. The zero-order valence-electron chi connectivity index (χ0n) is 23.7. The second-order valence-corrected chi connectivity index (χ2v) is 23.0. The van der Waals surface area contributed by atoms with Crippen LogP contribution in [0.4, 0.5) is 0 Å². The van der Waals surface area contributed by atoms with Gasteiger partial charge in [0.1, 0.15) is 0 Å². The summed E-state index contributed by atoms with van der Waals surface area (Å²) in [6.45, 7) is 18.0. The van der Waals surface area contributed by atoms with E-state index in [-0.39, 0.29) is 54.1 Å². The molecule has 2 aliphatic heterocycles. The molecule has 0 spiro atoms. The maximum atomic E-state index is 12.9. The van der Waals surface area contributed by atoms with Gasteiger partial charge in [0, 0.05) is 0 Å². The fourth-order valence-corrected chi connectivity index (χ4v) is 19.9. The topological polar surface area (TPSA) is 91.8 Å². The minimum atomic E-state index is -2.86. The summed E-state index contributed by atoms with van der Waals surface area (Å²) >= 11 is -0.0845. The zero-order chi connectivity index (χ0) is 27.8. The zero-order valence-corrected chi connectivity index (χ0v) is 27.4. The Kier molecular flexibility index (Phi) is 9.11.